The fourth-order valence-corrected chi connectivity index (χ4v) is 1.52. The fraction of sp³-hybridized carbons (Fsp3) is 0.455. The quantitative estimate of drug-likeness (QED) is 0.508. The molecule has 0 bridgehead atoms. The Kier molecular flexibility index (Phi) is 4.59. The average Bonchev–Trinajstić information content (AvgIpc) is 2.66. The number of hydrogen-bond acceptors (Lipinski definition) is 6. The van der Waals surface area contributed by atoms with Crippen molar-refractivity contribution in [1.82, 2.24) is 4.90 Å². The Labute approximate surface area is 103 Å². The molecule has 0 radical (unpaired) electrons. The molecule has 98 valence electrons. The SMILES string of the molecule is C=CC(=O)OCC(=O)N1C(=O)CCC1OC(C)=O. The van der Waals surface area contributed by atoms with Gasteiger partial charge in [-0.25, -0.2) is 9.69 Å². The van der Waals surface area contributed by atoms with Crippen molar-refractivity contribution < 1.29 is 28.7 Å². The van der Waals surface area contributed by atoms with Gasteiger partial charge in [0.15, 0.2) is 12.8 Å². The van der Waals surface area contributed by atoms with Crippen molar-refractivity contribution in [3.8, 4) is 0 Å². The first-order chi connectivity index (χ1) is 8.45. The lowest BCUT2D eigenvalue weighted by Crippen LogP contribution is -2.43. The van der Waals surface area contributed by atoms with E-state index in [9.17, 15) is 19.2 Å². The van der Waals surface area contributed by atoms with Crippen LogP contribution in [0.15, 0.2) is 12.7 Å². The minimum atomic E-state index is -0.912. The molecule has 1 aliphatic heterocycles. The van der Waals surface area contributed by atoms with E-state index in [1.165, 1.54) is 6.92 Å². The molecule has 1 fully saturated rings. The van der Waals surface area contributed by atoms with E-state index in [0.29, 0.717) is 0 Å². The van der Waals surface area contributed by atoms with Gasteiger partial charge in [-0.05, 0) is 0 Å². The van der Waals surface area contributed by atoms with Crippen molar-refractivity contribution in [1.29, 1.82) is 0 Å². The van der Waals surface area contributed by atoms with Crippen LogP contribution in [0.1, 0.15) is 19.8 Å². The number of nitrogens with zero attached hydrogens (tertiary/aromatic N) is 1. The summed E-state index contributed by atoms with van der Waals surface area (Å²) in [5.41, 5.74) is 0. The largest absolute Gasteiger partial charge is 0.452 e. The van der Waals surface area contributed by atoms with Crippen LogP contribution in [0.4, 0.5) is 0 Å². The first-order valence-corrected chi connectivity index (χ1v) is 5.27. The number of carbonyl (C=O) groups excluding carboxylic acids is 4. The zero-order valence-electron chi connectivity index (χ0n) is 9.88. The van der Waals surface area contributed by atoms with E-state index in [2.05, 4.69) is 11.3 Å². The Hall–Kier alpha value is -2.18. The van der Waals surface area contributed by atoms with Gasteiger partial charge >= 0.3 is 11.9 Å². The van der Waals surface area contributed by atoms with E-state index >= 15 is 0 Å². The summed E-state index contributed by atoms with van der Waals surface area (Å²) in [6.45, 7) is 3.76. The van der Waals surface area contributed by atoms with Crippen LogP contribution in [0.25, 0.3) is 0 Å². The minimum absolute atomic E-state index is 0.110. The van der Waals surface area contributed by atoms with Crippen molar-refractivity contribution in [2.24, 2.45) is 0 Å². The standard InChI is InChI=1S/C11H13NO6/c1-3-11(16)17-6-9(15)12-8(14)4-5-10(12)18-7(2)13/h3,10H,1,4-6H2,2H3. The van der Waals surface area contributed by atoms with Gasteiger partial charge in [0.1, 0.15) is 0 Å². The number of likely N-dealkylation sites (tertiary alicyclic amines) is 1. The summed E-state index contributed by atoms with van der Waals surface area (Å²) < 4.78 is 9.36. The Morgan fingerprint density at radius 1 is 1.50 bits per heavy atom. The van der Waals surface area contributed by atoms with Crippen molar-refractivity contribution in [2.45, 2.75) is 26.0 Å². The van der Waals surface area contributed by atoms with Gasteiger partial charge in [-0.2, -0.15) is 0 Å². The summed E-state index contributed by atoms with van der Waals surface area (Å²) in [4.78, 5) is 45.6. The Bertz CT molecular complexity index is 402. The van der Waals surface area contributed by atoms with Gasteiger partial charge in [0, 0.05) is 25.8 Å². The number of rotatable bonds is 4. The molecule has 1 unspecified atom stereocenters. The summed E-state index contributed by atoms with van der Waals surface area (Å²) in [6.07, 6.45) is 0.353. The average molecular weight is 255 g/mol. The molecule has 2 amide bonds. The molecule has 0 saturated carbocycles. The molecule has 1 rings (SSSR count). The number of amides is 2. The molecule has 1 aliphatic rings. The fourth-order valence-electron chi connectivity index (χ4n) is 1.52. The molecular weight excluding hydrogens is 242 g/mol. The van der Waals surface area contributed by atoms with Crippen LogP contribution in [0, 0.1) is 0 Å². The minimum Gasteiger partial charge on any atom is -0.452 e. The maximum Gasteiger partial charge on any atom is 0.330 e. The summed E-state index contributed by atoms with van der Waals surface area (Å²) >= 11 is 0. The molecule has 0 spiro atoms. The Morgan fingerprint density at radius 3 is 2.72 bits per heavy atom. The molecule has 0 aliphatic carbocycles. The summed E-state index contributed by atoms with van der Waals surface area (Å²) in [5, 5.41) is 0. The summed E-state index contributed by atoms with van der Waals surface area (Å²) in [5.74, 6) is -2.53. The number of carbonyl (C=O) groups is 4. The van der Waals surface area contributed by atoms with Gasteiger partial charge in [-0.1, -0.05) is 6.58 Å². The Morgan fingerprint density at radius 2 is 2.17 bits per heavy atom. The van der Waals surface area contributed by atoms with Crippen LogP contribution in [0.5, 0.6) is 0 Å². The van der Waals surface area contributed by atoms with Crippen LogP contribution in [0.3, 0.4) is 0 Å². The summed E-state index contributed by atoms with van der Waals surface area (Å²) in [7, 11) is 0. The molecule has 7 nitrogen and oxygen atoms in total. The van der Waals surface area contributed by atoms with Crippen LogP contribution < -0.4 is 0 Å². The Balaban J connectivity index is 2.62. The lowest BCUT2D eigenvalue weighted by molar-refractivity contribution is -0.167. The maximum atomic E-state index is 11.7. The highest BCUT2D eigenvalue weighted by molar-refractivity contribution is 5.98. The van der Waals surface area contributed by atoms with Gasteiger partial charge in [-0.3, -0.25) is 14.4 Å². The smallest absolute Gasteiger partial charge is 0.330 e. The molecule has 0 N–H and O–H groups in total. The molecule has 0 aromatic heterocycles. The molecule has 18 heavy (non-hydrogen) atoms. The molecule has 1 heterocycles. The van der Waals surface area contributed by atoms with E-state index in [0.717, 1.165) is 11.0 Å². The van der Waals surface area contributed by atoms with Crippen LogP contribution in [-0.4, -0.2) is 41.5 Å². The third kappa shape index (κ3) is 3.41. The van der Waals surface area contributed by atoms with Gasteiger partial charge < -0.3 is 9.47 Å². The highest BCUT2D eigenvalue weighted by Crippen LogP contribution is 2.20. The van der Waals surface area contributed by atoms with E-state index < -0.39 is 36.6 Å². The van der Waals surface area contributed by atoms with Crippen LogP contribution in [-0.2, 0) is 28.7 Å². The maximum absolute atomic E-state index is 11.7. The molecule has 1 saturated heterocycles. The molecule has 0 aromatic rings. The van der Waals surface area contributed by atoms with Gasteiger partial charge in [0.2, 0.25) is 5.91 Å². The lowest BCUT2D eigenvalue weighted by atomic mass is 10.3. The van der Waals surface area contributed by atoms with Gasteiger partial charge in [0.25, 0.3) is 5.91 Å². The monoisotopic (exact) mass is 255 g/mol. The van der Waals surface area contributed by atoms with E-state index in [-0.39, 0.29) is 12.8 Å². The van der Waals surface area contributed by atoms with Gasteiger partial charge in [-0.15, -0.1) is 0 Å². The first kappa shape index (κ1) is 13.9. The number of imide groups is 1. The topological polar surface area (TPSA) is 90.0 Å². The highest BCUT2D eigenvalue weighted by atomic mass is 16.6. The molecule has 1 atom stereocenters. The van der Waals surface area contributed by atoms with Crippen molar-refractivity contribution in [3.63, 3.8) is 0 Å². The van der Waals surface area contributed by atoms with Crippen molar-refractivity contribution >= 4 is 23.8 Å². The van der Waals surface area contributed by atoms with Gasteiger partial charge in [0.05, 0.1) is 0 Å². The third-order valence-electron chi connectivity index (χ3n) is 2.24. The van der Waals surface area contributed by atoms with E-state index in [4.69, 9.17) is 4.74 Å². The number of ether oxygens (including phenoxy) is 2. The van der Waals surface area contributed by atoms with E-state index in [1.54, 1.807) is 0 Å². The second-order valence-electron chi connectivity index (χ2n) is 3.57. The molecular formula is C11H13NO6. The number of esters is 2. The molecule has 7 heteroatoms. The van der Waals surface area contributed by atoms with Crippen LogP contribution in [0.2, 0.25) is 0 Å². The third-order valence-corrected chi connectivity index (χ3v) is 2.24. The highest BCUT2D eigenvalue weighted by Gasteiger charge is 2.38. The predicted molar refractivity (Wildman–Crippen MR) is 57.8 cm³/mol. The molecule has 0 aromatic carbocycles. The zero-order valence-corrected chi connectivity index (χ0v) is 9.88. The van der Waals surface area contributed by atoms with Crippen molar-refractivity contribution in [3.05, 3.63) is 12.7 Å². The lowest BCUT2D eigenvalue weighted by Gasteiger charge is -2.21. The predicted octanol–water partition coefficient (Wildman–Crippen LogP) is -0.246. The first-order valence-electron chi connectivity index (χ1n) is 5.27. The van der Waals surface area contributed by atoms with Crippen LogP contribution >= 0.6 is 0 Å². The number of hydrogen-bond donors (Lipinski definition) is 0. The van der Waals surface area contributed by atoms with Crippen molar-refractivity contribution in [2.75, 3.05) is 6.61 Å². The van der Waals surface area contributed by atoms with E-state index in [1.807, 2.05) is 0 Å². The summed E-state index contributed by atoms with van der Waals surface area (Å²) in [6, 6.07) is 0. The zero-order chi connectivity index (χ0) is 13.7. The normalized spacial score (nSPS) is 18.4. The second-order valence-corrected chi connectivity index (χ2v) is 3.57. The second kappa shape index (κ2) is 5.95.